The molecule has 0 aromatic heterocycles. The van der Waals surface area contributed by atoms with Crippen LogP contribution in [0.25, 0.3) is 0 Å². The molecule has 4 rings (SSSR count). The number of aliphatic hydroxyl groups excluding tert-OH is 1. The normalized spacial score (nSPS) is 27.3. The Morgan fingerprint density at radius 2 is 1.97 bits per heavy atom. The van der Waals surface area contributed by atoms with Crippen LogP contribution >= 0.6 is 0 Å². The number of rotatable bonds is 5. The maximum absolute atomic E-state index is 12.7. The van der Waals surface area contributed by atoms with Crippen molar-refractivity contribution in [2.75, 3.05) is 13.7 Å². The highest BCUT2D eigenvalue weighted by molar-refractivity contribution is 6.09. The van der Waals surface area contributed by atoms with Crippen molar-refractivity contribution in [1.29, 1.82) is 0 Å². The minimum atomic E-state index is -0.740. The third-order valence-corrected chi connectivity index (χ3v) is 6.22. The van der Waals surface area contributed by atoms with E-state index in [2.05, 4.69) is 6.58 Å². The summed E-state index contributed by atoms with van der Waals surface area (Å²) in [5.74, 6) is -1.67. The first kappa shape index (κ1) is 21.1. The molecule has 1 heterocycles. The molecular formula is C24H24O7. The van der Waals surface area contributed by atoms with Crippen molar-refractivity contribution < 1.29 is 33.7 Å². The number of hydrogen-bond donors (Lipinski definition) is 1. The van der Waals surface area contributed by atoms with Crippen LogP contribution in [-0.4, -0.2) is 48.8 Å². The molecule has 7 nitrogen and oxygen atoms in total. The van der Waals surface area contributed by atoms with E-state index < -0.39 is 36.0 Å². The number of methoxy groups -OCH3 is 1. The molecule has 2 aliphatic carbocycles. The number of benzene rings is 1. The standard InChI is InChI=1S/C24H24O7/c1-12-8-18(30-19(27)9-14-4-6-16(29-3)7-5-14)21-13(2)24(28)31-23(21)22-15(11-25)10-17(26)20(12)22/h4-7,10,18,21-23,25H,2,8-9,11H2,1,3H3. The van der Waals surface area contributed by atoms with E-state index in [-0.39, 0.29) is 30.8 Å². The maximum Gasteiger partial charge on any atom is 0.334 e. The average Bonchev–Trinajstić information content (AvgIpc) is 3.19. The predicted molar refractivity (Wildman–Crippen MR) is 110 cm³/mol. The molecule has 1 aliphatic heterocycles. The Morgan fingerprint density at radius 1 is 1.26 bits per heavy atom. The van der Waals surface area contributed by atoms with Crippen molar-refractivity contribution in [3.05, 3.63) is 64.8 Å². The summed E-state index contributed by atoms with van der Waals surface area (Å²) in [5.41, 5.74) is 2.76. The van der Waals surface area contributed by atoms with Crippen molar-refractivity contribution in [3.63, 3.8) is 0 Å². The second-order valence-electron chi connectivity index (χ2n) is 8.09. The molecule has 0 bridgehead atoms. The largest absolute Gasteiger partial charge is 0.497 e. The van der Waals surface area contributed by atoms with Crippen molar-refractivity contribution in [1.82, 2.24) is 0 Å². The molecule has 0 radical (unpaired) electrons. The van der Waals surface area contributed by atoms with E-state index in [4.69, 9.17) is 14.2 Å². The van der Waals surface area contributed by atoms with Gasteiger partial charge in [-0.05, 0) is 36.3 Å². The molecule has 162 valence electrons. The third-order valence-electron chi connectivity index (χ3n) is 6.22. The number of allylic oxidation sites excluding steroid dienone is 1. The minimum Gasteiger partial charge on any atom is -0.497 e. The van der Waals surface area contributed by atoms with E-state index in [0.717, 1.165) is 11.1 Å². The van der Waals surface area contributed by atoms with Crippen molar-refractivity contribution in [2.24, 2.45) is 11.8 Å². The number of aliphatic hydroxyl groups is 1. The van der Waals surface area contributed by atoms with E-state index in [9.17, 15) is 19.5 Å². The second-order valence-corrected chi connectivity index (χ2v) is 8.09. The molecule has 0 amide bonds. The second kappa shape index (κ2) is 8.15. The summed E-state index contributed by atoms with van der Waals surface area (Å²) < 4.78 is 16.5. The Balaban J connectivity index is 1.60. The molecule has 1 fully saturated rings. The zero-order valence-electron chi connectivity index (χ0n) is 17.4. The third kappa shape index (κ3) is 3.70. The summed E-state index contributed by atoms with van der Waals surface area (Å²) >= 11 is 0. The van der Waals surface area contributed by atoms with Gasteiger partial charge in [-0.15, -0.1) is 0 Å². The number of hydrogen-bond acceptors (Lipinski definition) is 7. The summed E-state index contributed by atoms with van der Waals surface area (Å²) in [6, 6.07) is 7.09. The molecule has 4 unspecified atom stereocenters. The van der Waals surface area contributed by atoms with E-state index in [1.54, 1.807) is 31.4 Å². The molecule has 0 spiro atoms. The lowest BCUT2D eigenvalue weighted by Gasteiger charge is -2.28. The van der Waals surface area contributed by atoms with Crippen LogP contribution in [0.2, 0.25) is 0 Å². The Bertz CT molecular complexity index is 1010. The summed E-state index contributed by atoms with van der Waals surface area (Å²) in [6.45, 7) is 5.36. The molecule has 0 saturated carbocycles. The van der Waals surface area contributed by atoms with Gasteiger partial charge in [0, 0.05) is 23.5 Å². The number of ether oxygens (including phenoxy) is 3. The van der Waals surface area contributed by atoms with E-state index in [1.165, 1.54) is 6.08 Å². The first-order valence-corrected chi connectivity index (χ1v) is 10.1. The summed E-state index contributed by atoms with van der Waals surface area (Å²) in [6.07, 6.45) is 0.316. The van der Waals surface area contributed by atoms with Crippen LogP contribution in [0, 0.1) is 11.8 Å². The van der Waals surface area contributed by atoms with Crippen molar-refractivity contribution >= 4 is 17.7 Å². The molecule has 31 heavy (non-hydrogen) atoms. The Morgan fingerprint density at radius 3 is 2.61 bits per heavy atom. The SMILES string of the molecule is C=C1C(=O)OC2C3C(CO)=CC(=O)C3=C(C)CC(OC(=O)Cc3ccc(OC)cc3)C12. The van der Waals surface area contributed by atoms with Crippen molar-refractivity contribution in [3.8, 4) is 5.75 Å². The highest BCUT2D eigenvalue weighted by Crippen LogP contribution is 2.48. The van der Waals surface area contributed by atoms with E-state index >= 15 is 0 Å². The topological polar surface area (TPSA) is 99.1 Å². The highest BCUT2D eigenvalue weighted by Gasteiger charge is 2.54. The molecule has 4 atom stereocenters. The van der Waals surface area contributed by atoms with Crippen LogP contribution in [-0.2, 0) is 30.3 Å². The van der Waals surface area contributed by atoms with Gasteiger partial charge in [0.1, 0.15) is 18.0 Å². The van der Waals surface area contributed by atoms with Gasteiger partial charge >= 0.3 is 11.9 Å². The first-order valence-electron chi connectivity index (χ1n) is 10.1. The van der Waals surface area contributed by atoms with E-state index in [0.29, 0.717) is 16.9 Å². The van der Waals surface area contributed by atoms with Crippen LogP contribution in [0.4, 0.5) is 0 Å². The van der Waals surface area contributed by atoms with Gasteiger partial charge in [-0.1, -0.05) is 24.3 Å². The van der Waals surface area contributed by atoms with Crippen LogP contribution in [0.5, 0.6) is 5.75 Å². The van der Waals surface area contributed by atoms with Gasteiger partial charge in [-0.2, -0.15) is 0 Å². The van der Waals surface area contributed by atoms with Crippen LogP contribution in [0.3, 0.4) is 0 Å². The predicted octanol–water partition coefficient (Wildman–Crippen LogP) is 2.09. The maximum atomic E-state index is 12.7. The fourth-order valence-corrected chi connectivity index (χ4v) is 4.76. The number of fused-ring (bicyclic) bond motifs is 3. The molecule has 3 aliphatic rings. The quantitative estimate of drug-likeness (QED) is 0.571. The Kier molecular flexibility index (Phi) is 5.54. The zero-order chi connectivity index (χ0) is 22.3. The highest BCUT2D eigenvalue weighted by atomic mass is 16.6. The van der Waals surface area contributed by atoms with E-state index in [1.807, 2.05) is 6.92 Å². The first-order chi connectivity index (χ1) is 14.8. The fraction of sp³-hybridized carbons (Fsp3) is 0.375. The number of carbonyl (C=O) groups is 3. The number of carbonyl (C=O) groups excluding carboxylic acids is 3. The van der Waals surface area contributed by atoms with Gasteiger partial charge < -0.3 is 19.3 Å². The van der Waals surface area contributed by atoms with Crippen LogP contribution < -0.4 is 4.74 Å². The molecule has 1 N–H and O–H groups in total. The van der Waals surface area contributed by atoms with Gasteiger partial charge in [0.2, 0.25) is 0 Å². The Hall–Kier alpha value is -3.19. The van der Waals surface area contributed by atoms with Crippen LogP contribution in [0.15, 0.2) is 59.2 Å². The summed E-state index contributed by atoms with van der Waals surface area (Å²) in [5, 5.41) is 9.77. The summed E-state index contributed by atoms with van der Waals surface area (Å²) in [7, 11) is 1.57. The van der Waals surface area contributed by atoms with Gasteiger partial charge in [0.05, 0.1) is 26.1 Å². The number of esters is 2. The zero-order valence-corrected chi connectivity index (χ0v) is 17.4. The minimum absolute atomic E-state index is 0.0545. The molecular weight excluding hydrogens is 400 g/mol. The molecule has 1 saturated heterocycles. The molecule has 7 heteroatoms. The molecule has 1 aromatic carbocycles. The Labute approximate surface area is 180 Å². The monoisotopic (exact) mass is 424 g/mol. The fourth-order valence-electron chi connectivity index (χ4n) is 4.76. The molecule has 1 aromatic rings. The van der Waals surface area contributed by atoms with Gasteiger partial charge in [-0.3, -0.25) is 9.59 Å². The van der Waals surface area contributed by atoms with Gasteiger partial charge in [0.15, 0.2) is 5.78 Å². The summed E-state index contributed by atoms with van der Waals surface area (Å²) in [4.78, 5) is 37.6. The lowest BCUT2D eigenvalue weighted by Crippen LogP contribution is -2.36. The number of ketones is 1. The lowest BCUT2D eigenvalue weighted by atomic mass is 9.82. The van der Waals surface area contributed by atoms with Gasteiger partial charge in [-0.25, -0.2) is 4.79 Å². The van der Waals surface area contributed by atoms with Crippen molar-refractivity contribution in [2.45, 2.75) is 32.0 Å². The lowest BCUT2D eigenvalue weighted by molar-refractivity contribution is -0.152. The van der Waals surface area contributed by atoms with Crippen LogP contribution in [0.1, 0.15) is 18.9 Å². The average molecular weight is 424 g/mol. The van der Waals surface area contributed by atoms with Gasteiger partial charge in [0.25, 0.3) is 0 Å². The smallest absolute Gasteiger partial charge is 0.334 e.